The molecule has 0 saturated heterocycles. The van der Waals surface area contributed by atoms with E-state index in [0.29, 0.717) is 12.4 Å². The Bertz CT molecular complexity index is 380. The second kappa shape index (κ2) is 3.35. The van der Waals surface area contributed by atoms with Gasteiger partial charge in [0.15, 0.2) is 5.82 Å². The van der Waals surface area contributed by atoms with Gasteiger partial charge in [0.1, 0.15) is 0 Å². The molecule has 4 nitrogen and oxygen atoms in total. The Kier molecular flexibility index (Phi) is 2.04. The Hall–Kier alpha value is -1.71. The van der Waals surface area contributed by atoms with E-state index in [-0.39, 0.29) is 0 Å². The van der Waals surface area contributed by atoms with Crippen molar-refractivity contribution in [3.63, 3.8) is 0 Å². The summed E-state index contributed by atoms with van der Waals surface area (Å²) < 4.78 is 0. The molecule has 0 aliphatic rings. The summed E-state index contributed by atoms with van der Waals surface area (Å²) in [5.41, 5.74) is 1.18. The molecule has 0 fully saturated rings. The molecule has 0 N–H and O–H groups in total. The van der Waals surface area contributed by atoms with Gasteiger partial charge in [-0.25, -0.2) is 0 Å². The molecule has 66 valence electrons. The summed E-state index contributed by atoms with van der Waals surface area (Å²) in [6.07, 6.45) is 0. The van der Waals surface area contributed by atoms with Crippen molar-refractivity contribution in [3.05, 3.63) is 41.7 Å². The Morgan fingerprint density at radius 1 is 1.23 bits per heavy atom. The predicted octanol–water partition coefficient (Wildman–Crippen LogP) is 1.03. The van der Waals surface area contributed by atoms with Crippen LogP contribution in [0.15, 0.2) is 30.3 Å². The summed E-state index contributed by atoms with van der Waals surface area (Å²) >= 11 is 0. The van der Waals surface area contributed by atoms with Crippen LogP contribution in [0, 0.1) is 6.92 Å². The van der Waals surface area contributed by atoms with Crippen molar-refractivity contribution in [2.24, 2.45) is 0 Å². The third-order valence-electron chi connectivity index (χ3n) is 1.72. The fraction of sp³-hybridized carbons (Fsp3) is 0.222. The minimum Gasteiger partial charge on any atom is -0.160 e. The van der Waals surface area contributed by atoms with Gasteiger partial charge >= 0.3 is 0 Å². The molecule has 0 amide bonds. The number of hydrogen-bond donors (Lipinski definition) is 0. The fourth-order valence-electron chi connectivity index (χ4n) is 1.14. The molecule has 2 aromatic rings. The lowest BCUT2D eigenvalue weighted by Crippen LogP contribution is -2.03. The zero-order valence-corrected chi connectivity index (χ0v) is 7.38. The molecule has 0 saturated carbocycles. The fourth-order valence-corrected chi connectivity index (χ4v) is 1.14. The molecule has 0 aliphatic heterocycles. The molecule has 0 radical (unpaired) electrons. The van der Waals surface area contributed by atoms with E-state index in [2.05, 4.69) is 15.4 Å². The Morgan fingerprint density at radius 2 is 2.00 bits per heavy atom. The summed E-state index contributed by atoms with van der Waals surface area (Å²) in [4.78, 5) is 1.59. The Labute approximate surface area is 76.2 Å². The average molecular weight is 174 g/mol. The number of nitrogens with zero attached hydrogens (tertiary/aromatic N) is 4. The van der Waals surface area contributed by atoms with Gasteiger partial charge in [0.25, 0.3) is 0 Å². The molecular weight excluding hydrogens is 164 g/mol. The predicted molar refractivity (Wildman–Crippen MR) is 48.1 cm³/mol. The number of aryl methyl sites for hydroxylation is 1. The molecule has 2 rings (SSSR count). The molecule has 0 bridgehead atoms. The van der Waals surface area contributed by atoms with Crippen LogP contribution in [0.5, 0.6) is 0 Å². The SMILES string of the molecule is Cc1nnn(Cc2ccccc2)n1. The normalized spacial score (nSPS) is 10.2. The Morgan fingerprint density at radius 3 is 2.62 bits per heavy atom. The smallest absolute Gasteiger partial charge is 0.160 e. The Balaban J connectivity index is 2.15. The second-order valence-corrected chi connectivity index (χ2v) is 2.85. The van der Waals surface area contributed by atoms with Crippen LogP contribution in [-0.2, 0) is 6.54 Å². The summed E-state index contributed by atoms with van der Waals surface area (Å²) in [6.45, 7) is 2.51. The van der Waals surface area contributed by atoms with Crippen LogP contribution in [0.1, 0.15) is 11.4 Å². The van der Waals surface area contributed by atoms with Crippen molar-refractivity contribution >= 4 is 0 Å². The number of rotatable bonds is 2. The quantitative estimate of drug-likeness (QED) is 0.683. The van der Waals surface area contributed by atoms with Crippen molar-refractivity contribution in [2.45, 2.75) is 13.5 Å². The highest BCUT2D eigenvalue weighted by atomic mass is 15.6. The van der Waals surface area contributed by atoms with E-state index < -0.39 is 0 Å². The highest BCUT2D eigenvalue weighted by Crippen LogP contribution is 1.99. The van der Waals surface area contributed by atoms with Gasteiger partial charge in [0, 0.05) is 0 Å². The highest BCUT2D eigenvalue weighted by molar-refractivity contribution is 5.14. The van der Waals surface area contributed by atoms with Gasteiger partial charge in [-0.3, -0.25) is 0 Å². The van der Waals surface area contributed by atoms with E-state index in [9.17, 15) is 0 Å². The lowest BCUT2D eigenvalue weighted by molar-refractivity contribution is 0.571. The first-order chi connectivity index (χ1) is 6.34. The highest BCUT2D eigenvalue weighted by Gasteiger charge is 1.97. The third-order valence-corrected chi connectivity index (χ3v) is 1.72. The van der Waals surface area contributed by atoms with Gasteiger partial charge in [0.2, 0.25) is 0 Å². The third kappa shape index (κ3) is 1.90. The zero-order valence-electron chi connectivity index (χ0n) is 7.38. The molecule has 13 heavy (non-hydrogen) atoms. The second-order valence-electron chi connectivity index (χ2n) is 2.85. The van der Waals surface area contributed by atoms with Crippen molar-refractivity contribution in [1.82, 2.24) is 20.2 Å². The van der Waals surface area contributed by atoms with Gasteiger partial charge in [-0.05, 0) is 17.7 Å². The average Bonchev–Trinajstić information content (AvgIpc) is 2.53. The molecular formula is C9H10N4. The first-order valence-electron chi connectivity index (χ1n) is 4.13. The van der Waals surface area contributed by atoms with Gasteiger partial charge < -0.3 is 0 Å². The standard InChI is InChI=1S/C9H10N4/c1-8-10-12-13(11-8)7-9-5-3-2-4-6-9/h2-6H,7H2,1H3. The zero-order chi connectivity index (χ0) is 9.10. The number of hydrogen-bond acceptors (Lipinski definition) is 3. The molecule has 1 heterocycles. The van der Waals surface area contributed by atoms with Crippen LogP contribution in [0.3, 0.4) is 0 Å². The maximum Gasteiger partial charge on any atom is 0.171 e. The topological polar surface area (TPSA) is 43.6 Å². The van der Waals surface area contributed by atoms with Crippen LogP contribution >= 0.6 is 0 Å². The largest absolute Gasteiger partial charge is 0.171 e. The minimum absolute atomic E-state index is 0.682. The molecule has 4 heteroatoms. The van der Waals surface area contributed by atoms with Gasteiger partial charge in [-0.2, -0.15) is 4.80 Å². The first kappa shape index (κ1) is 7.91. The van der Waals surface area contributed by atoms with Crippen molar-refractivity contribution in [3.8, 4) is 0 Å². The molecule has 1 aromatic heterocycles. The number of aromatic nitrogens is 4. The van der Waals surface area contributed by atoms with E-state index in [1.165, 1.54) is 5.56 Å². The van der Waals surface area contributed by atoms with Crippen molar-refractivity contribution in [1.29, 1.82) is 0 Å². The van der Waals surface area contributed by atoms with Gasteiger partial charge in [-0.15, -0.1) is 10.2 Å². The monoisotopic (exact) mass is 174 g/mol. The minimum atomic E-state index is 0.682. The van der Waals surface area contributed by atoms with Crippen LogP contribution < -0.4 is 0 Å². The maximum atomic E-state index is 4.10. The molecule has 0 spiro atoms. The van der Waals surface area contributed by atoms with E-state index in [0.717, 1.165) is 0 Å². The van der Waals surface area contributed by atoms with E-state index in [4.69, 9.17) is 0 Å². The van der Waals surface area contributed by atoms with Crippen LogP contribution in [-0.4, -0.2) is 20.2 Å². The number of benzene rings is 1. The lowest BCUT2D eigenvalue weighted by atomic mass is 10.2. The lowest BCUT2D eigenvalue weighted by Gasteiger charge is -1.97. The van der Waals surface area contributed by atoms with Gasteiger partial charge in [0.05, 0.1) is 6.54 Å². The summed E-state index contributed by atoms with van der Waals surface area (Å²) in [5, 5.41) is 11.8. The van der Waals surface area contributed by atoms with Crippen LogP contribution in [0.2, 0.25) is 0 Å². The van der Waals surface area contributed by atoms with E-state index >= 15 is 0 Å². The van der Waals surface area contributed by atoms with E-state index in [1.54, 1.807) is 4.80 Å². The number of tetrazole rings is 1. The van der Waals surface area contributed by atoms with Crippen LogP contribution in [0.25, 0.3) is 0 Å². The van der Waals surface area contributed by atoms with Crippen molar-refractivity contribution in [2.75, 3.05) is 0 Å². The molecule has 0 aliphatic carbocycles. The molecule has 1 aromatic carbocycles. The summed E-state index contributed by atoms with van der Waals surface area (Å²) in [5.74, 6) is 0.705. The van der Waals surface area contributed by atoms with Crippen LogP contribution in [0.4, 0.5) is 0 Å². The summed E-state index contributed by atoms with van der Waals surface area (Å²) in [6, 6.07) is 10.1. The first-order valence-corrected chi connectivity index (χ1v) is 4.13. The van der Waals surface area contributed by atoms with Crippen molar-refractivity contribution < 1.29 is 0 Å². The molecule has 0 atom stereocenters. The van der Waals surface area contributed by atoms with E-state index in [1.807, 2.05) is 37.3 Å². The maximum absolute atomic E-state index is 4.10. The van der Waals surface area contributed by atoms with Gasteiger partial charge in [-0.1, -0.05) is 30.3 Å². The summed E-state index contributed by atoms with van der Waals surface area (Å²) in [7, 11) is 0. The molecule has 0 unspecified atom stereocenters.